The van der Waals surface area contributed by atoms with Gasteiger partial charge in [-0.05, 0) is 74.5 Å². The lowest BCUT2D eigenvalue weighted by Gasteiger charge is -2.28. The minimum atomic E-state index is 0.674. The van der Waals surface area contributed by atoms with Crippen LogP contribution >= 0.6 is 0 Å². The third-order valence-electron chi connectivity index (χ3n) is 4.50. The number of rotatable bonds is 7. The van der Waals surface area contributed by atoms with Gasteiger partial charge in [0.15, 0.2) is 0 Å². The molecule has 0 unspecified atom stereocenters. The first-order chi connectivity index (χ1) is 10.3. The molecule has 1 saturated carbocycles. The van der Waals surface area contributed by atoms with E-state index in [1.54, 1.807) is 6.08 Å². The topological polar surface area (TPSA) is 9.23 Å². The second-order valence-corrected chi connectivity index (χ2v) is 6.07. The highest BCUT2D eigenvalue weighted by Crippen LogP contribution is 2.37. The van der Waals surface area contributed by atoms with Crippen LogP contribution in [0.1, 0.15) is 63.4 Å². The van der Waals surface area contributed by atoms with E-state index in [1.807, 2.05) is 0 Å². The third-order valence-corrected chi connectivity index (χ3v) is 4.50. The second-order valence-electron chi connectivity index (χ2n) is 6.07. The largest absolute Gasteiger partial charge is 0.494 e. The Kier molecular flexibility index (Phi) is 6.78. The minimum Gasteiger partial charge on any atom is -0.494 e. The van der Waals surface area contributed by atoms with E-state index in [-0.39, 0.29) is 0 Å². The average Bonchev–Trinajstić information content (AvgIpc) is 2.54. The summed E-state index contributed by atoms with van der Waals surface area (Å²) in [5.74, 6) is 2.45. The van der Waals surface area contributed by atoms with Crippen molar-refractivity contribution in [2.24, 2.45) is 5.92 Å². The zero-order valence-electron chi connectivity index (χ0n) is 13.1. The van der Waals surface area contributed by atoms with Crippen LogP contribution in [0.4, 0.5) is 4.39 Å². The van der Waals surface area contributed by atoms with Gasteiger partial charge in [0.05, 0.1) is 12.9 Å². The summed E-state index contributed by atoms with van der Waals surface area (Å²) in [6.45, 7) is 2.91. The van der Waals surface area contributed by atoms with Crippen molar-refractivity contribution in [3.63, 3.8) is 0 Å². The lowest BCUT2D eigenvalue weighted by atomic mass is 9.77. The quantitative estimate of drug-likeness (QED) is 0.597. The number of halogens is 1. The van der Waals surface area contributed by atoms with Crippen LogP contribution in [0.5, 0.6) is 5.75 Å². The maximum absolute atomic E-state index is 12.0. The van der Waals surface area contributed by atoms with Crippen molar-refractivity contribution in [3.8, 4) is 5.75 Å². The minimum absolute atomic E-state index is 0.674. The Morgan fingerprint density at radius 1 is 1.14 bits per heavy atom. The Balaban J connectivity index is 1.79. The van der Waals surface area contributed by atoms with Gasteiger partial charge in [0.1, 0.15) is 5.75 Å². The predicted octanol–water partition coefficient (Wildman–Crippen LogP) is 6.01. The van der Waals surface area contributed by atoms with Crippen LogP contribution in [0.3, 0.4) is 0 Å². The highest BCUT2D eigenvalue weighted by atomic mass is 19.1. The smallest absolute Gasteiger partial charge is 0.119 e. The number of ether oxygens (including phenoxy) is 1. The van der Waals surface area contributed by atoms with Crippen LogP contribution in [0, 0.1) is 5.92 Å². The summed E-state index contributed by atoms with van der Waals surface area (Å²) >= 11 is 0. The fraction of sp³-hybridized carbons (Fsp3) is 0.579. The van der Waals surface area contributed by atoms with Crippen LogP contribution in [0.25, 0.3) is 0 Å². The van der Waals surface area contributed by atoms with E-state index >= 15 is 0 Å². The van der Waals surface area contributed by atoms with E-state index in [4.69, 9.17) is 4.74 Å². The lowest BCUT2D eigenvalue weighted by Crippen LogP contribution is -2.13. The molecular weight excluding hydrogens is 263 g/mol. The molecule has 0 saturated heterocycles. The summed E-state index contributed by atoms with van der Waals surface area (Å²) < 4.78 is 17.6. The second kappa shape index (κ2) is 8.86. The van der Waals surface area contributed by atoms with Crippen LogP contribution in [0.2, 0.25) is 0 Å². The Morgan fingerprint density at radius 3 is 2.48 bits per heavy atom. The van der Waals surface area contributed by atoms with E-state index in [1.165, 1.54) is 31.2 Å². The Bertz CT molecular complexity index is 416. The predicted molar refractivity (Wildman–Crippen MR) is 86.4 cm³/mol. The van der Waals surface area contributed by atoms with Gasteiger partial charge in [0.25, 0.3) is 0 Å². The zero-order valence-corrected chi connectivity index (χ0v) is 13.1. The lowest BCUT2D eigenvalue weighted by molar-refractivity contribution is 0.309. The summed E-state index contributed by atoms with van der Waals surface area (Å²) in [5.41, 5.74) is 1.45. The molecule has 0 aromatic heterocycles. The maximum Gasteiger partial charge on any atom is 0.119 e. The summed E-state index contributed by atoms with van der Waals surface area (Å²) in [4.78, 5) is 0. The van der Waals surface area contributed by atoms with Crippen molar-refractivity contribution in [1.29, 1.82) is 0 Å². The highest BCUT2D eigenvalue weighted by molar-refractivity contribution is 5.29. The van der Waals surface area contributed by atoms with Crippen molar-refractivity contribution >= 4 is 0 Å². The van der Waals surface area contributed by atoms with Gasteiger partial charge >= 0.3 is 0 Å². The maximum atomic E-state index is 12.0. The zero-order chi connectivity index (χ0) is 14.9. The summed E-state index contributed by atoms with van der Waals surface area (Å²) in [6, 6.07) is 8.65. The van der Waals surface area contributed by atoms with Gasteiger partial charge in [-0.25, -0.2) is 4.39 Å². The third kappa shape index (κ3) is 5.18. The summed E-state index contributed by atoms with van der Waals surface area (Å²) in [7, 11) is 0. The first-order valence-corrected chi connectivity index (χ1v) is 8.31. The van der Waals surface area contributed by atoms with E-state index in [9.17, 15) is 4.39 Å². The van der Waals surface area contributed by atoms with Crippen molar-refractivity contribution in [2.45, 2.75) is 57.8 Å². The van der Waals surface area contributed by atoms with Crippen molar-refractivity contribution in [2.75, 3.05) is 6.61 Å². The Hall–Kier alpha value is -1.31. The van der Waals surface area contributed by atoms with E-state index < -0.39 is 0 Å². The molecule has 1 fully saturated rings. The van der Waals surface area contributed by atoms with Gasteiger partial charge in [0.2, 0.25) is 0 Å². The van der Waals surface area contributed by atoms with Gasteiger partial charge in [0, 0.05) is 0 Å². The molecule has 21 heavy (non-hydrogen) atoms. The fourth-order valence-electron chi connectivity index (χ4n) is 3.24. The molecule has 0 N–H and O–H groups in total. The van der Waals surface area contributed by atoms with E-state index in [0.29, 0.717) is 12.2 Å². The number of hydrogen-bond donors (Lipinski definition) is 0. The van der Waals surface area contributed by atoms with Crippen LogP contribution in [-0.4, -0.2) is 6.61 Å². The molecule has 2 rings (SSSR count). The summed E-state index contributed by atoms with van der Waals surface area (Å²) in [6.07, 6.45) is 10.5. The van der Waals surface area contributed by atoms with Gasteiger partial charge in [-0.3, -0.25) is 0 Å². The molecule has 2 heteroatoms. The van der Waals surface area contributed by atoms with E-state index in [0.717, 1.165) is 37.5 Å². The van der Waals surface area contributed by atoms with Gasteiger partial charge in [-0.2, -0.15) is 0 Å². The standard InChI is InChI=1S/C19H27FO/c1-2-15-21-19-12-10-18(11-13-19)17-8-6-16(7-9-17)5-3-4-14-20/h4,10-14,16-17H,2-3,5-9,15H2,1H3. The van der Waals surface area contributed by atoms with Crippen LogP contribution < -0.4 is 4.74 Å². The SMILES string of the molecule is CCCOc1ccc(C2CCC(CCC=CF)CC2)cc1. The van der Waals surface area contributed by atoms with Crippen molar-refractivity contribution in [1.82, 2.24) is 0 Å². The van der Waals surface area contributed by atoms with Crippen molar-refractivity contribution < 1.29 is 9.13 Å². The fourth-order valence-corrected chi connectivity index (χ4v) is 3.24. The molecule has 1 aromatic carbocycles. The molecule has 1 aromatic rings. The number of benzene rings is 1. The monoisotopic (exact) mass is 290 g/mol. The van der Waals surface area contributed by atoms with Gasteiger partial charge in [-0.1, -0.05) is 25.1 Å². The van der Waals surface area contributed by atoms with E-state index in [2.05, 4.69) is 31.2 Å². The molecule has 0 amide bonds. The molecule has 116 valence electrons. The molecule has 0 bridgehead atoms. The van der Waals surface area contributed by atoms with Crippen LogP contribution in [-0.2, 0) is 0 Å². The molecule has 0 aliphatic heterocycles. The Labute approximate surface area is 128 Å². The first-order valence-electron chi connectivity index (χ1n) is 8.31. The highest BCUT2D eigenvalue weighted by Gasteiger charge is 2.21. The molecule has 0 heterocycles. The number of allylic oxidation sites excluding steroid dienone is 1. The first kappa shape index (κ1) is 16.1. The molecule has 1 aliphatic rings. The normalized spacial score (nSPS) is 22.6. The molecule has 0 radical (unpaired) electrons. The molecule has 0 spiro atoms. The van der Waals surface area contributed by atoms with Gasteiger partial charge in [-0.15, -0.1) is 0 Å². The average molecular weight is 290 g/mol. The molecule has 1 nitrogen and oxygen atoms in total. The summed E-state index contributed by atoms with van der Waals surface area (Å²) in [5, 5.41) is 0. The van der Waals surface area contributed by atoms with Crippen LogP contribution in [0.15, 0.2) is 36.7 Å². The Morgan fingerprint density at radius 2 is 1.86 bits per heavy atom. The molecular formula is C19H27FO. The van der Waals surface area contributed by atoms with Gasteiger partial charge < -0.3 is 4.74 Å². The molecule has 1 aliphatic carbocycles. The number of hydrogen-bond acceptors (Lipinski definition) is 1. The van der Waals surface area contributed by atoms with Crippen molar-refractivity contribution in [3.05, 3.63) is 42.2 Å². The molecule has 0 atom stereocenters.